The SMILES string of the molecule is O=C(COC(=O)CNC(=O)c1ccccc1F)NC(c1ccccc1)c1ccccc1. The molecule has 3 rings (SSSR count). The zero-order chi connectivity index (χ0) is 22.1. The van der Waals surface area contributed by atoms with Crippen LogP contribution in [0.25, 0.3) is 0 Å². The van der Waals surface area contributed by atoms with Crippen molar-refractivity contribution in [2.24, 2.45) is 0 Å². The molecule has 158 valence electrons. The first-order valence-corrected chi connectivity index (χ1v) is 9.62. The van der Waals surface area contributed by atoms with Crippen molar-refractivity contribution >= 4 is 17.8 Å². The maximum Gasteiger partial charge on any atom is 0.325 e. The Kier molecular flexibility index (Phi) is 7.48. The summed E-state index contributed by atoms with van der Waals surface area (Å²) in [7, 11) is 0. The minimum Gasteiger partial charge on any atom is -0.454 e. The van der Waals surface area contributed by atoms with Crippen LogP contribution in [0, 0.1) is 5.82 Å². The Bertz CT molecular complexity index is 1000. The van der Waals surface area contributed by atoms with E-state index in [1.165, 1.54) is 18.2 Å². The molecule has 0 spiro atoms. The Morgan fingerprint density at radius 3 is 1.94 bits per heavy atom. The summed E-state index contributed by atoms with van der Waals surface area (Å²) in [5.74, 6) is -2.74. The van der Waals surface area contributed by atoms with E-state index in [1.54, 1.807) is 0 Å². The van der Waals surface area contributed by atoms with Crippen LogP contribution in [0.4, 0.5) is 4.39 Å². The molecule has 0 aliphatic heterocycles. The van der Waals surface area contributed by atoms with E-state index in [0.29, 0.717) is 0 Å². The fourth-order valence-electron chi connectivity index (χ4n) is 2.94. The summed E-state index contributed by atoms with van der Waals surface area (Å²) in [5, 5.41) is 5.12. The summed E-state index contributed by atoms with van der Waals surface area (Å²) in [6, 6.07) is 23.8. The number of benzene rings is 3. The molecule has 3 aromatic rings. The Morgan fingerprint density at radius 2 is 1.35 bits per heavy atom. The predicted octanol–water partition coefficient (Wildman–Crippen LogP) is 3.00. The van der Waals surface area contributed by atoms with E-state index in [4.69, 9.17) is 4.74 Å². The molecule has 2 amide bonds. The van der Waals surface area contributed by atoms with Crippen molar-refractivity contribution in [3.05, 3.63) is 107 Å². The molecular weight excluding hydrogens is 399 g/mol. The maximum atomic E-state index is 13.6. The second kappa shape index (κ2) is 10.7. The van der Waals surface area contributed by atoms with Crippen LogP contribution in [-0.4, -0.2) is 30.9 Å². The largest absolute Gasteiger partial charge is 0.454 e. The van der Waals surface area contributed by atoms with Gasteiger partial charge in [0.15, 0.2) is 6.61 Å². The zero-order valence-corrected chi connectivity index (χ0v) is 16.6. The maximum absolute atomic E-state index is 13.6. The Hall–Kier alpha value is -4.00. The first-order chi connectivity index (χ1) is 15.0. The second-order valence-corrected chi connectivity index (χ2v) is 6.65. The van der Waals surface area contributed by atoms with Gasteiger partial charge < -0.3 is 15.4 Å². The highest BCUT2D eigenvalue weighted by molar-refractivity contribution is 5.96. The van der Waals surface area contributed by atoms with Crippen molar-refractivity contribution in [1.29, 1.82) is 0 Å². The van der Waals surface area contributed by atoms with E-state index in [2.05, 4.69) is 10.6 Å². The van der Waals surface area contributed by atoms with Gasteiger partial charge in [-0.2, -0.15) is 0 Å². The first kappa shape index (κ1) is 21.7. The van der Waals surface area contributed by atoms with Gasteiger partial charge in [0.1, 0.15) is 12.4 Å². The molecule has 0 heterocycles. The molecule has 0 saturated carbocycles. The summed E-state index contributed by atoms with van der Waals surface area (Å²) >= 11 is 0. The Morgan fingerprint density at radius 1 is 0.806 bits per heavy atom. The van der Waals surface area contributed by atoms with Crippen LogP contribution < -0.4 is 10.6 Å². The predicted molar refractivity (Wildman–Crippen MR) is 113 cm³/mol. The number of rotatable bonds is 8. The lowest BCUT2D eigenvalue weighted by Gasteiger charge is -2.20. The van der Waals surface area contributed by atoms with Crippen molar-refractivity contribution in [2.75, 3.05) is 13.2 Å². The van der Waals surface area contributed by atoms with Gasteiger partial charge in [0.05, 0.1) is 11.6 Å². The fourth-order valence-corrected chi connectivity index (χ4v) is 2.94. The third kappa shape index (κ3) is 6.24. The zero-order valence-electron chi connectivity index (χ0n) is 16.6. The van der Waals surface area contributed by atoms with E-state index in [0.717, 1.165) is 17.2 Å². The van der Waals surface area contributed by atoms with E-state index in [9.17, 15) is 18.8 Å². The van der Waals surface area contributed by atoms with Crippen LogP contribution in [0.3, 0.4) is 0 Å². The molecule has 0 aliphatic carbocycles. The van der Waals surface area contributed by atoms with Gasteiger partial charge in [-0.3, -0.25) is 14.4 Å². The lowest BCUT2D eigenvalue weighted by Crippen LogP contribution is -2.35. The molecule has 0 saturated heterocycles. The quantitative estimate of drug-likeness (QED) is 0.549. The van der Waals surface area contributed by atoms with E-state index in [1.807, 2.05) is 60.7 Å². The molecule has 0 aromatic heterocycles. The number of carbonyl (C=O) groups is 3. The van der Waals surface area contributed by atoms with Gasteiger partial charge >= 0.3 is 5.97 Å². The highest BCUT2D eigenvalue weighted by Crippen LogP contribution is 2.21. The molecule has 0 radical (unpaired) electrons. The average Bonchev–Trinajstić information content (AvgIpc) is 2.81. The van der Waals surface area contributed by atoms with Gasteiger partial charge in [-0.05, 0) is 23.3 Å². The highest BCUT2D eigenvalue weighted by Gasteiger charge is 2.18. The lowest BCUT2D eigenvalue weighted by atomic mass is 9.99. The number of hydrogen-bond donors (Lipinski definition) is 2. The highest BCUT2D eigenvalue weighted by atomic mass is 19.1. The molecule has 0 atom stereocenters. The van der Waals surface area contributed by atoms with E-state index < -0.39 is 42.8 Å². The summed E-state index contributed by atoms with van der Waals surface area (Å²) in [6.07, 6.45) is 0. The summed E-state index contributed by atoms with van der Waals surface area (Å²) < 4.78 is 18.5. The van der Waals surface area contributed by atoms with Crippen molar-refractivity contribution in [1.82, 2.24) is 10.6 Å². The van der Waals surface area contributed by atoms with Crippen LogP contribution >= 0.6 is 0 Å². The van der Waals surface area contributed by atoms with E-state index in [-0.39, 0.29) is 5.56 Å². The van der Waals surface area contributed by atoms with Crippen molar-refractivity contribution < 1.29 is 23.5 Å². The second-order valence-electron chi connectivity index (χ2n) is 6.65. The Balaban J connectivity index is 1.52. The molecule has 0 unspecified atom stereocenters. The molecule has 2 N–H and O–H groups in total. The van der Waals surface area contributed by atoms with E-state index >= 15 is 0 Å². The molecule has 0 aliphatic rings. The molecule has 3 aromatic carbocycles. The van der Waals surface area contributed by atoms with Gasteiger partial charge in [0.25, 0.3) is 11.8 Å². The number of esters is 1. The Labute approximate surface area is 179 Å². The number of hydrogen-bond acceptors (Lipinski definition) is 4. The normalized spacial score (nSPS) is 10.4. The topological polar surface area (TPSA) is 84.5 Å². The summed E-state index contributed by atoms with van der Waals surface area (Å²) in [6.45, 7) is -0.994. The standard InChI is InChI=1S/C24H21FN2O4/c25-20-14-8-7-13-19(20)24(30)26-15-22(29)31-16-21(28)27-23(17-9-3-1-4-10-17)18-11-5-2-6-12-18/h1-14,23H,15-16H2,(H,26,30)(H,27,28). The van der Waals surface area contributed by atoms with Crippen LogP contribution in [0.1, 0.15) is 27.5 Å². The summed E-state index contributed by atoms with van der Waals surface area (Å²) in [4.78, 5) is 36.2. The number of ether oxygens (including phenoxy) is 1. The third-order valence-corrected chi connectivity index (χ3v) is 4.45. The van der Waals surface area contributed by atoms with Gasteiger partial charge in [-0.1, -0.05) is 72.8 Å². The minimum absolute atomic E-state index is 0.179. The molecule has 6 nitrogen and oxygen atoms in total. The lowest BCUT2D eigenvalue weighted by molar-refractivity contribution is -0.147. The number of halogens is 1. The van der Waals surface area contributed by atoms with Crippen LogP contribution in [-0.2, 0) is 14.3 Å². The van der Waals surface area contributed by atoms with Crippen molar-refractivity contribution in [3.8, 4) is 0 Å². The van der Waals surface area contributed by atoms with Gasteiger partial charge in [-0.25, -0.2) is 4.39 Å². The number of carbonyl (C=O) groups excluding carboxylic acids is 3. The fraction of sp³-hybridized carbons (Fsp3) is 0.125. The van der Waals surface area contributed by atoms with Crippen molar-refractivity contribution in [2.45, 2.75) is 6.04 Å². The smallest absolute Gasteiger partial charge is 0.325 e. The molecule has 7 heteroatoms. The molecule has 0 fully saturated rings. The van der Waals surface area contributed by atoms with Crippen LogP contribution in [0.2, 0.25) is 0 Å². The van der Waals surface area contributed by atoms with Gasteiger partial charge in [0, 0.05) is 0 Å². The molecule has 31 heavy (non-hydrogen) atoms. The van der Waals surface area contributed by atoms with Gasteiger partial charge in [0.2, 0.25) is 0 Å². The van der Waals surface area contributed by atoms with Crippen LogP contribution in [0.15, 0.2) is 84.9 Å². The minimum atomic E-state index is -0.809. The molecule has 0 bridgehead atoms. The van der Waals surface area contributed by atoms with Crippen LogP contribution in [0.5, 0.6) is 0 Å². The van der Waals surface area contributed by atoms with Crippen molar-refractivity contribution in [3.63, 3.8) is 0 Å². The average molecular weight is 420 g/mol. The molecular formula is C24H21FN2O4. The number of nitrogens with one attached hydrogen (secondary N) is 2. The first-order valence-electron chi connectivity index (χ1n) is 9.62. The van der Waals surface area contributed by atoms with Gasteiger partial charge in [-0.15, -0.1) is 0 Å². The monoisotopic (exact) mass is 420 g/mol. The number of amides is 2. The summed E-state index contributed by atoms with van der Waals surface area (Å²) in [5.41, 5.74) is 1.58. The third-order valence-electron chi connectivity index (χ3n) is 4.45.